The molecule has 0 atom stereocenters. The van der Waals surface area contributed by atoms with Crippen molar-refractivity contribution in [2.75, 3.05) is 22.8 Å². The zero-order valence-corrected chi connectivity index (χ0v) is 17.7. The van der Waals surface area contributed by atoms with Crippen molar-refractivity contribution in [3.05, 3.63) is 84.2 Å². The van der Waals surface area contributed by atoms with Gasteiger partial charge in [-0.2, -0.15) is 0 Å². The van der Waals surface area contributed by atoms with Crippen molar-refractivity contribution in [1.29, 1.82) is 0 Å². The van der Waals surface area contributed by atoms with Crippen LogP contribution < -0.4 is 14.4 Å². The molecule has 0 heterocycles. The molecule has 6 nitrogen and oxygen atoms in total. The summed E-state index contributed by atoms with van der Waals surface area (Å²) in [5.74, 6) is -3.18. The number of anilines is 2. The van der Waals surface area contributed by atoms with Crippen LogP contribution in [0.5, 0.6) is 5.75 Å². The minimum Gasteiger partial charge on any atom is -0.494 e. The molecule has 3 aromatic carbocycles. The van der Waals surface area contributed by atoms with E-state index in [1.807, 2.05) is 0 Å². The highest BCUT2D eigenvalue weighted by molar-refractivity contribution is 7.92. The fourth-order valence-corrected chi connectivity index (χ4v) is 4.25. The number of rotatable bonds is 8. The molecule has 3 aromatic rings. The lowest BCUT2D eigenvalue weighted by Gasteiger charge is -2.24. The van der Waals surface area contributed by atoms with Crippen LogP contribution in [-0.2, 0) is 14.8 Å². The first kappa shape index (κ1) is 23.1. The maximum atomic E-state index is 13.4. The van der Waals surface area contributed by atoms with Crippen molar-refractivity contribution in [3.8, 4) is 5.75 Å². The van der Waals surface area contributed by atoms with E-state index in [2.05, 4.69) is 5.32 Å². The summed E-state index contributed by atoms with van der Waals surface area (Å²) < 4.78 is 72.5. The molecule has 3 rings (SSSR count). The van der Waals surface area contributed by atoms with Gasteiger partial charge < -0.3 is 10.1 Å². The molecule has 0 saturated carbocycles. The van der Waals surface area contributed by atoms with Crippen LogP contribution in [0.1, 0.15) is 6.92 Å². The summed E-state index contributed by atoms with van der Waals surface area (Å²) in [5.41, 5.74) is -0.00728. The molecule has 10 heteroatoms. The number of hydrogen-bond acceptors (Lipinski definition) is 4. The molecular formula is C22H19F3N2O4S. The molecule has 0 unspecified atom stereocenters. The zero-order valence-electron chi connectivity index (χ0n) is 16.9. The Morgan fingerprint density at radius 3 is 2.19 bits per heavy atom. The minimum atomic E-state index is -4.24. The van der Waals surface area contributed by atoms with Crippen molar-refractivity contribution in [1.82, 2.24) is 0 Å². The van der Waals surface area contributed by atoms with Gasteiger partial charge in [0, 0.05) is 11.8 Å². The second-order valence-corrected chi connectivity index (χ2v) is 8.43. The van der Waals surface area contributed by atoms with Gasteiger partial charge in [-0.05, 0) is 67.6 Å². The van der Waals surface area contributed by atoms with Crippen molar-refractivity contribution >= 4 is 27.3 Å². The molecule has 0 radical (unpaired) electrons. The maximum absolute atomic E-state index is 13.4. The number of sulfonamides is 1. The largest absolute Gasteiger partial charge is 0.494 e. The van der Waals surface area contributed by atoms with Crippen molar-refractivity contribution < 1.29 is 31.1 Å². The third-order valence-electron chi connectivity index (χ3n) is 4.33. The lowest BCUT2D eigenvalue weighted by Crippen LogP contribution is -2.38. The molecule has 1 N–H and O–H groups in total. The molecule has 32 heavy (non-hydrogen) atoms. The van der Waals surface area contributed by atoms with E-state index in [0.29, 0.717) is 12.4 Å². The first-order valence-corrected chi connectivity index (χ1v) is 10.9. The predicted octanol–water partition coefficient (Wildman–Crippen LogP) is 4.34. The number of carbonyl (C=O) groups excluding carboxylic acids is 1. The highest BCUT2D eigenvalue weighted by Crippen LogP contribution is 2.26. The van der Waals surface area contributed by atoms with Crippen molar-refractivity contribution in [2.24, 2.45) is 0 Å². The number of hydrogen-bond donors (Lipinski definition) is 1. The van der Waals surface area contributed by atoms with Crippen molar-refractivity contribution in [3.63, 3.8) is 0 Å². The second kappa shape index (κ2) is 9.73. The summed E-state index contributed by atoms with van der Waals surface area (Å²) in [6, 6.07) is 12.9. The molecule has 0 aliphatic heterocycles. The van der Waals surface area contributed by atoms with Gasteiger partial charge in [-0.15, -0.1) is 0 Å². The van der Waals surface area contributed by atoms with Gasteiger partial charge in [0.1, 0.15) is 18.1 Å². The number of nitrogens with one attached hydrogen (secondary N) is 1. The Morgan fingerprint density at radius 1 is 0.938 bits per heavy atom. The Kier molecular flexibility index (Phi) is 7.04. The molecule has 0 bridgehead atoms. The average Bonchev–Trinajstić information content (AvgIpc) is 2.76. The quantitative estimate of drug-likeness (QED) is 0.538. The standard InChI is InChI=1S/C22H19F3N2O4S/c1-2-31-18-8-10-19(11-9-18)32(29,30)27(17-6-3-15(23)4-7-17)14-22(28)26-16-5-12-20(24)21(25)13-16/h3-13H,2,14H2,1H3,(H,26,28). The fraction of sp³-hybridized carbons (Fsp3) is 0.136. The normalized spacial score (nSPS) is 11.1. The Balaban J connectivity index is 1.91. The van der Waals surface area contributed by atoms with Crippen LogP contribution in [0.25, 0.3) is 0 Å². The number of halogens is 3. The van der Waals surface area contributed by atoms with Gasteiger partial charge >= 0.3 is 0 Å². The Morgan fingerprint density at radius 2 is 1.59 bits per heavy atom. The van der Waals surface area contributed by atoms with Gasteiger partial charge in [-0.3, -0.25) is 9.10 Å². The van der Waals surface area contributed by atoms with Crippen LogP contribution in [0.2, 0.25) is 0 Å². The summed E-state index contributed by atoms with van der Waals surface area (Å²) in [6.07, 6.45) is 0. The fourth-order valence-electron chi connectivity index (χ4n) is 2.83. The third-order valence-corrected chi connectivity index (χ3v) is 6.12. The summed E-state index contributed by atoms with van der Waals surface area (Å²) >= 11 is 0. The second-order valence-electron chi connectivity index (χ2n) is 6.57. The van der Waals surface area contributed by atoms with Gasteiger partial charge in [0.2, 0.25) is 5.91 Å². The molecule has 0 aromatic heterocycles. The molecule has 0 saturated heterocycles. The van der Waals surface area contributed by atoms with Crippen LogP contribution in [0.15, 0.2) is 71.6 Å². The van der Waals surface area contributed by atoms with Gasteiger partial charge in [0.15, 0.2) is 11.6 Å². The van der Waals surface area contributed by atoms with E-state index in [1.165, 1.54) is 36.4 Å². The van der Waals surface area contributed by atoms with Gasteiger partial charge in [0.25, 0.3) is 10.0 Å². The number of carbonyl (C=O) groups is 1. The molecular weight excluding hydrogens is 445 g/mol. The van der Waals surface area contributed by atoms with Gasteiger partial charge in [-0.25, -0.2) is 21.6 Å². The molecule has 1 amide bonds. The van der Waals surface area contributed by atoms with E-state index in [4.69, 9.17) is 4.74 Å². The van der Waals surface area contributed by atoms with Crippen LogP contribution >= 0.6 is 0 Å². The molecule has 0 spiro atoms. The summed E-state index contributed by atoms with van der Waals surface area (Å²) in [6.45, 7) is 1.49. The number of ether oxygens (including phenoxy) is 1. The van der Waals surface area contributed by atoms with E-state index in [-0.39, 0.29) is 16.3 Å². The van der Waals surface area contributed by atoms with Crippen molar-refractivity contribution in [2.45, 2.75) is 11.8 Å². The minimum absolute atomic E-state index is 0.0423. The van der Waals surface area contributed by atoms with E-state index in [0.717, 1.165) is 34.6 Å². The summed E-state index contributed by atoms with van der Waals surface area (Å²) in [4.78, 5) is 12.4. The van der Waals surface area contributed by atoms with E-state index in [9.17, 15) is 26.4 Å². The first-order valence-electron chi connectivity index (χ1n) is 9.47. The number of amides is 1. The van der Waals surface area contributed by atoms with Crippen LogP contribution in [0.4, 0.5) is 24.5 Å². The Bertz CT molecular complexity index is 1200. The monoisotopic (exact) mass is 464 g/mol. The smallest absolute Gasteiger partial charge is 0.264 e. The maximum Gasteiger partial charge on any atom is 0.264 e. The lowest BCUT2D eigenvalue weighted by atomic mass is 10.3. The highest BCUT2D eigenvalue weighted by Gasteiger charge is 2.27. The van der Waals surface area contributed by atoms with E-state index in [1.54, 1.807) is 6.92 Å². The SMILES string of the molecule is CCOc1ccc(S(=O)(=O)N(CC(=O)Nc2ccc(F)c(F)c2)c2ccc(F)cc2)cc1. The number of benzene rings is 3. The molecule has 0 aliphatic rings. The predicted molar refractivity (Wildman–Crippen MR) is 114 cm³/mol. The molecule has 168 valence electrons. The van der Waals surface area contributed by atoms with E-state index >= 15 is 0 Å². The van der Waals surface area contributed by atoms with Gasteiger partial charge in [0.05, 0.1) is 17.2 Å². The highest BCUT2D eigenvalue weighted by atomic mass is 32.2. The summed E-state index contributed by atoms with van der Waals surface area (Å²) in [5, 5.41) is 2.33. The van der Waals surface area contributed by atoms with Crippen LogP contribution in [-0.4, -0.2) is 27.5 Å². The summed E-state index contributed by atoms with van der Waals surface area (Å²) in [7, 11) is -4.24. The first-order chi connectivity index (χ1) is 15.2. The average molecular weight is 464 g/mol. The van der Waals surface area contributed by atoms with E-state index < -0.39 is 39.9 Å². The molecule has 0 aliphatic carbocycles. The Hall–Kier alpha value is -3.53. The third kappa shape index (κ3) is 5.38. The molecule has 0 fully saturated rings. The Labute approximate surface area is 183 Å². The topological polar surface area (TPSA) is 75.7 Å². The van der Waals surface area contributed by atoms with Crippen LogP contribution in [0, 0.1) is 17.5 Å². The number of nitrogens with zero attached hydrogens (tertiary/aromatic N) is 1. The zero-order chi connectivity index (χ0) is 23.3. The van der Waals surface area contributed by atoms with Crippen LogP contribution in [0.3, 0.4) is 0 Å². The lowest BCUT2D eigenvalue weighted by molar-refractivity contribution is -0.114. The van der Waals surface area contributed by atoms with Gasteiger partial charge in [-0.1, -0.05) is 0 Å².